The van der Waals surface area contributed by atoms with Crippen molar-refractivity contribution in [2.75, 3.05) is 13.1 Å². The number of hydrogen-bond donors (Lipinski definition) is 1. The molecule has 1 unspecified atom stereocenters. The summed E-state index contributed by atoms with van der Waals surface area (Å²) in [6.45, 7) is 5.82. The van der Waals surface area contributed by atoms with Gasteiger partial charge in [-0.05, 0) is 18.1 Å². The lowest BCUT2D eigenvalue weighted by atomic mass is 10.0. The zero-order valence-electron chi connectivity index (χ0n) is 17.2. The monoisotopic (exact) mass is 415 g/mol. The molecule has 0 radical (unpaired) electrons. The van der Waals surface area contributed by atoms with Gasteiger partial charge in [-0.3, -0.25) is 9.59 Å². The highest BCUT2D eigenvalue weighted by molar-refractivity contribution is 5.79. The number of benzene rings is 1. The SMILES string of the molecule is CC(C)C(=O)NCc1nnn2c1COC1(CCN(C(=O)Cc3ccccc3F)C1)C2. The highest BCUT2D eigenvalue weighted by Gasteiger charge is 2.44. The molecule has 1 N–H and O–H groups in total. The van der Waals surface area contributed by atoms with Crippen LogP contribution in [0.3, 0.4) is 0 Å². The van der Waals surface area contributed by atoms with Crippen molar-refractivity contribution in [2.45, 2.75) is 52.0 Å². The van der Waals surface area contributed by atoms with E-state index >= 15 is 0 Å². The van der Waals surface area contributed by atoms with Gasteiger partial charge in [0.05, 0.1) is 38.4 Å². The predicted molar refractivity (Wildman–Crippen MR) is 106 cm³/mol. The van der Waals surface area contributed by atoms with E-state index < -0.39 is 5.60 Å². The summed E-state index contributed by atoms with van der Waals surface area (Å²) in [5.41, 5.74) is 1.44. The van der Waals surface area contributed by atoms with Crippen molar-refractivity contribution in [2.24, 2.45) is 5.92 Å². The van der Waals surface area contributed by atoms with Gasteiger partial charge < -0.3 is 15.0 Å². The normalized spacial score (nSPS) is 20.6. The molecule has 2 aliphatic heterocycles. The summed E-state index contributed by atoms with van der Waals surface area (Å²) < 4.78 is 21.9. The molecule has 1 fully saturated rings. The number of rotatable bonds is 5. The van der Waals surface area contributed by atoms with Crippen molar-refractivity contribution >= 4 is 11.8 Å². The molecular weight excluding hydrogens is 389 g/mol. The Morgan fingerprint density at radius 2 is 2.10 bits per heavy atom. The summed E-state index contributed by atoms with van der Waals surface area (Å²) in [6, 6.07) is 6.35. The molecule has 30 heavy (non-hydrogen) atoms. The van der Waals surface area contributed by atoms with Crippen LogP contribution in [-0.2, 0) is 40.4 Å². The Bertz CT molecular complexity index is 960. The van der Waals surface area contributed by atoms with E-state index in [4.69, 9.17) is 4.74 Å². The number of nitrogens with one attached hydrogen (secondary N) is 1. The lowest BCUT2D eigenvalue weighted by Gasteiger charge is -2.34. The van der Waals surface area contributed by atoms with Crippen LogP contribution in [0.4, 0.5) is 4.39 Å². The Kier molecular flexibility index (Phi) is 5.55. The molecule has 1 spiro atoms. The molecule has 0 saturated carbocycles. The molecule has 9 heteroatoms. The van der Waals surface area contributed by atoms with Gasteiger partial charge in [0.15, 0.2) is 0 Å². The van der Waals surface area contributed by atoms with Gasteiger partial charge in [0, 0.05) is 12.5 Å². The van der Waals surface area contributed by atoms with Gasteiger partial charge in [-0.1, -0.05) is 37.3 Å². The maximum absolute atomic E-state index is 13.9. The zero-order chi connectivity index (χ0) is 21.3. The van der Waals surface area contributed by atoms with Crippen LogP contribution in [-0.4, -0.2) is 50.4 Å². The Labute approximate surface area is 174 Å². The first-order chi connectivity index (χ1) is 14.4. The minimum atomic E-state index is -0.510. The fourth-order valence-corrected chi connectivity index (χ4v) is 3.93. The largest absolute Gasteiger partial charge is 0.365 e. The zero-order valence-corrected chi connectivity index (χ0v) is 17.2. The molecule has 1 saturated heterocycles. The van der Waals surface area contributed by atoms with Gasteiger partial charge >= 0.3 is 0 Å². The first-order valence-corrected chi connectivity index (χ1v) is 10.2. The van der Waals surface area contributed by atoms with Gasteiger partial charge in [-0.25, -0.2) is 9.07 Å². The number of nitrogens with zero attached hydrogens (tertiary/aromatic N) is 4. The van der Waals surface area contributed by atoms with E-state index in [0.717, 1.165) is 5.69 Å². The molecule has 160 valence electrons. The molecule has 2 aliphatic rings. The summed E-state index contributed by atoms with van der Waals surface area (Å²) >= 11 is 0. The van der Waals surface area contributed by atoms with Crippen molar-refractivity contribution in [3.05, 3.63) is 47.0 Å². The van der Waals surface area contributed by atoms with Crippen LogP contribution in [0.25, 0.3) is 0 Å². The third kappa shape index (κ3) is 4.07. The topological polar surface area (TPSA) is 89.3 Å². The average Bonchev–Trinajstić information content (AvgIpc) is 3.32. The maximum atomic E-state index is 13.9. The van der Waals surface area contributed by atoms with Crippen molar-refractivity contribution in [1.82, 2.24) is 25.2 Å². The first kappa shape index (κ1) is 20.5. The van der Waals surface area contributed by atoms with Gasteiger partial charge in [-0.2, -0.15) is 0 Å². The quantitative estimate of drug-likeness (QED) is 0.798. The van der Waals surface area contributed by atoms with Crippen LogP contribution < -0.4 is 5.32 Å². The number of amides is 2. The number of carbonyl (C=O) groups is 2. The minimum Gasteiger partial charge on any atom is -0.365 e. The Hall–Kier alpha value is -2.81. The predicted octanol–water partition coefficient (Wildman–Crippen LogP) is 1.43. The molecule has 3 heterocycles. The number of fused-ring (bicyclic) bond motifs is 1. The first-order valence-electron chi connectivity index (χ1n) is 10.2. The average molecular weight is 415 g/mol. The third-order valence-electron chi connectivity index (χ3n) is 5.79. The standard InChI is InChI=1S/C21H26FN5O3/c1-14(2)20(29)23-10-17-18-11-30-21(13-27(18)25-24-17)7-8-26(12-21)19(28)9-15-5-3-4-6-16(15)22/h3-6,14H,7-13H2,1-2H3,(H,23,29). The number of hydrogen-bond acceptors (Lipinski definition) is 5. The van der Waals surface area contributed by atoms with Crippen LogP contribution >= 0.6 is 0 Å². The molecule has 2 aromatic rings. The molecule has 0 aliphatic carbocycles. The van der Waals surface area contributed by atoms with E-state index in [1.54, 1.807) is 23.1 Å². The molecule has 1 aromatic carbocycles. The molecule has 1 aromatic heterocycles. The number of likely N-dealkylation sites (tertiary alicyclic amines) is 1. The molecular formula is C21H26FN5O3. The van der Waals surface area contributed by atoms with Gasteiger partial charge in [0.25, 0.3) is 0 Å². The molecule has 0 bridgehead atoms. The van der Waals surface area contributed by atoms with Crippen molar-refractivity contribution in [1.29, 1.82) is 0 Å². The van der Waals surface area contributed by atoms with Gasteiger partial charge in [0.2, 0.25) is 11.8 Å². The van der Waals surface area contributed by atoms with E-state index in [9.17, 15) is 14.0 Å². The number of halogens is 1. The van der Waals surface area contributed by atoms with Crippen molar-refractivity contribution in [3.63, 3.8) is 0 Å². The minimum absolute atomic E-state index is 0.0373. The smallest absolute Gasteiger partial charge is 0.227 e. The Morgan fingerprint density at radius 1 is 1.30 bits per heavy atom. The molecule has 4 rings (SSSR count). The fourth-order valence-electron chi connectivity index (χ4n) is 3.93. The molecule has 2 amide bonds. The van der Waals surface area contributed by atoms with E-state index in [-0.39, 0.29) is 30.0 Å². The highest BCUT2D eigenvalue weighted by Crippen LogP contribution is 2.33. The second-order valence-electron chi connectivity index (χ2n) is 8.32. The van der Waals surface area contributed by atoms with Crippen molar-refractivity contribution < 1.29 is 18.7 Å². The lowest BCUT2D eigenvalue weighted by Crippen LogP contribution is -2.45. The van der Waals surface area contributed by atoms with Gasteiger partial charge in [0.1, 0.15) is 17.1 Å². The van der Waals surface area contributed by atoms with E-state index in [0.29, 0.717) is 50.5 Å². The summed E-state index contributed by atoms with van der Waals surface area (Å²) in [5, 5.41) is 11.3. The van der Waals surface area contributed by atoms with Gasteiger partial charge in [-0.15, -0.1) is 5.10 Å². The van der Waals surface area contributed by atoms with Crippen LogP contribution in [0.2, 0.25) is 0 Å². The van der Waals surface area contributed by atoms with Crippen LogP contribution in [0, 0.1) is 11.7 Å². The molecule has 8 nitrogen and oxygen atoms in total. The summed E-state index contributed by atoms with van der Waals surface area (Å²) in [7, 11) is 0. The maximum Gasteiger partial charge on any atom is 0.227 e. The van der Waals surface area contributed by atoms with E-state index in [2.05, 4.69) is 15.6 Å². The summed E-state index contributed by atoms with van der Waals surface area (Å²) in [5.74, 6) is -0.605. The van der Waals surface area contributed by atoms with E-state index in [1.165, 1.54) is 6.07 Å². The Morgan fingerprint density at radius 3 is 2.87 bits per heavy atom. The third-order valence-corrected chi connectivity index (χ3v) is 5.79. The summed E-state index contributed by atoms with van der Waals surface area (Å²) in [6.07, 6.45) is 0.728. The second kappa shape index (κ2) is 8.14. The van der Waals surface area contributed by atoms with Crippen LogP contribution in [0.1, 0.15) is 37.2 Å². The van der Waals surface area contributed by atoms with E-state index in [1.807, 2.05) is 18.5 Å². The highest BCUT2D eigenvalue weighted by atomic mass is 19.1. The number of aromatic nitrogens is 3. The second-order valence-corrected chi connectivity index (χ2v) is 8.32. The Balaban J connectivity index is 1.38. The molecule has 1 atom stereocenters. The van der Waals surface area contributed by atoms with Crippen LogP contribution in [0.15, 0.2) is 24.3 Å². The fraction of sp³-hybridized carbons (Fsp3) is 0.524. The lowest BCUT2D eigenvalue weighted by molar-refractivity contribution is -0.132. The summed E-state index contributed by atoms with van der Waals surface area (Å²) in [4.78, 5) is 26.2. The number of carbonyl (C=O) groups excluding carboxylic acids is 2. The van der Waals surface area contributed by atoms with Crippen LogP contribution in [0.5, 0.6) is 0 Å². The van der Waals surface area contributed by atoms with Crippen molar-refractivity contribution in [3.8, 4) is 0 Å². The number of ether oxygens (including phenoxy) is 1.